The summed E-state index contributed by atoms with van der Waals surface area (Å²) in [6.07, 6.45) is 6.32. The summed E-state index contributed by atoms with van der Waals surface area (Å²) in [4.78, 5) is 0. The second kappa shape index (κ2) is 6.68. The Bertz CT molecular complexity index is 456. The van der Waals surface area contributed by atoms with Crippen LogP contribution in [0.1, 0.15) is 45.1 Å². The van der Waals surface area contributed by atoms with E-state index in [9.17, 15) is 0 Å². The Kier molecular flexibility index (Phi) is 5.39. The molecule has 1 nitrogen and oxygen atoms in total. The van der Waals surface area contributed by atoms with Gasteiger partial charge in [0.05, 0.1) is 0 Å². The van der Waals surface area contributed by atoms with Crippen LogP contribution in [0, 0.1) is 11.3 Å². The molecule has 1 aliphatic rings. The SMILES string of the molecule is CNC(Cc1ccc(Cl)cc1Cl)C1CCCCC1(C)C. The number of hydrogen-bond acceptors (Lipinski definition) is 1. The first kappa shape index (κ1) is 16.1. The van der Waals surface area contributed by atoms with Crippen molar-refractivity contribution in [3.63, 3.8) is 0 Å². The monoisotopic (exact) mass is 313 g/mol. The van der Waals surface area contributed by atoms with E-state index in [0.29, 0.717) is 22.4 Å². The van der Waals surface area contributed by atoms with E-state index in [1.54, 1.807) is 0 Å². The first-order valence-electron chi connectivity index (χ1n) is 7.55. The van der Waals surface area contributed by atoms with E-state index in [4.69, 9.17) is 23.2 Å². The summed E-state index contributed by atoms with van der Waals surface area (Å²) >= 11 is 12.3. The van der Waals surface area contributed by atoms with Gasteiger partial charge in [0.1, 0.15) is 0 Å². The van der Waals surface area contributed by atoms with E-state index in [2.05, 4.69) is 32.3 Å². The molecule has 0 aliphatic heterocycles. The molecule has 1 aromatic carbocycles. The van der Waals surface area contributed by atoms with Crippen molar-refractivity contribution in [1.29, 1.82) is 0 Å². The summed E-state index contributed by atoms with van der Waals surface area (Å²) in [5.41, 5.74) is 1.60. The third-order valence-electron chi connectivity index (χ3n) is 4.90. The molecule has 2 atom stereocenters. The third-order valence-corrected chi connectivity index (χ3v) is 5.49. The molecule has 112 valence electrons. The summed E-state index contributed by atoms with van der Waals surface area (Å²) in [5.74, 6) is 0.702. The first-order valence-corrected chi connectivity index (χ1v) is 8.31. The van der Waals surface area contributed by atoms with Crippen LogP contribution < -0.4 is 5.32 Å². The molecule has 0 spiro atoms. The van der Waals surface area contributed by atoms with Crippen molar-refractivity contribution in [3.8, 4) is 0 Å². The maximum absolute atomic E-state index is 6.33. The fourth-order valence-corrected chi connectivity index (χ4v) is 4.12. The lowest BCUT2D eigenvalue weighted by Gasteiger charge is -2.43. The number of benzene rings is 1. The van der Waals surface area contributed by atoms with E-state index in [-0.39, 0.29) is 0 Å². The van der Waals surface area contributed by atoms with Crippen LogP contribution in [0.5, 0.6) is 0 Å². The van der Waals surface area contributed by atoms with Gasteiger partial charge in [-0.1, -0.05) is 56.0 Å². The van der Waals surface area contributed by atoms with Gasteiger partial charge < -0.3 is 5.32 Å². The summed E-state index contributed by atoms with van der Waals surface area (Å²) < 4.78 is 0. The molecular formula is C17H25Cl2N. The Morgan fingerprint density at radius 1 is 1.30 bits per heavy atom. The summed E-state index contributed by atoms with van der Waals surface area (Å²) in [6, 6.07) is 6.31. The zero-order valence-corrected chi connectivity index (χ0v) is 14.2. The molecule has 3 heteroatoms. The topological polar surface area (TPSA) is 12.0 Å². The maximum atomic E-state index is 6.33. The molecule has 0 saturated heterocycles. The number of halogens is 2. The molecule has 20 heavy (non-hydrogen) atoms. The van der Waals surface area contributed by atoms with E-state index < -0.39 is 0 Å². The Balaban J connectivity index is 2.15. The Morgan fingerprint density at radius 3 is 2.65 bits per heavy atom. The first-order chi connectivity index (χ1) is 9.44. The van der Waals surface area contributed by atoms with Gasteiger partial charge in [-0.25, -0.2) is 0 Å². The highest BCUT2D eigenvalue weighted by atomic mass is 35.5. The van der Waals surface area contributed by atoms with Crippen LogP contribution in [-0.4, -0.2) is 13.1 Å². The molecule has 2 unspecified atom stereocenters. The van der Waals surface area contributed by atoms with Gasteiger partial charge in [-0.15, -0.1) is 0 Å². The number of nitrogens with one attached hydrogen (secondary N) is 1. The highest BCUT2D eigenvalue weighted by Gasteiger charge is 2.36. The number of likely N-dealkylation sites (N-methyl/N-ethyl adjacent to an activating group) is 1. The van der Waals surface area contributed by atoms with Crippen molar-refractivity contribution >= 4 is 23.2 Å². The van der Waals surface area contributed by atoms with Gasteiger partial charge >= 0.3 is 0 Å². The van der Waals surface area contributed by atoms with Crippen molar-refractivity contribution in [2.45, 2.75) is 52.0 Å². The molecule has 0 aromatic heterocycles. The summed E-state index contributed by atoms with van der Waals surface area (Å²) in [5, 5.41) is 5.02. The lowest BCUT2D eigenvalue weighted by atomic mass is 9.65. The van der Waals surface area contributed by atoms with Gasteiger partial charge in [-0.2, -0.15) is 0 Å². The Labute approximate surface area is 133 Å². The van der Waals surface area contributed by atoms with Crippen molar-refractivity contribution in [1.82, 2.24) is 5.32 Å². The molecule has 1 saturated carbocycles. The predicted molar refractivity (Wildman–Crippen MR) is 88.8 cm³/mol. The molecule has 1 aromatic rings. The number of rotatable bonds is 4. The van der Waals surface area contributed by atoms with Gasteiger partial charge in [0.25, 0.3) is 0 Å². The average Bonchev–Trinajstić information content (AvgIpc) is 2.38. The van der Waals surface area contributed by atoms with E-state index in [1.165, 1.54) is 31.2 Å². The second-order valence-electron chi connectivity index (χ2n) is 6.68. The highest BCUT2D eigenvalue weighted by molar-refractivity contribution is 6.35. The van der Waals surface area contributed by atoms with Crippen LogP contribution >= 0.6 is 23.2 Å². The predicted octanol–water partition coefficient (Wildman–Crippen LogP) is 5.34. The maximum Gasteiger partial charge on any atom is 0.0453 e. The summed E-state index contributed by atoms with van der Waals surface area (Å²) in [7, 11) is 2.07. The normalized spacial score (nSPS) is 23.6. The molecule has 0 radical (unpaired) electrons. The molecule has 0 bridgehead atoms. The highest BCUT2D eigenvalue weighted by Crippen LogP contribution is 2.43. The molecule has 0 amide bonds. The second-order valence-corrected chi connectivity index (χ2v) is 7.52. The Morgan fingerprint density at radius 2 is 2.05 bits per heavy atom. The largest absolute Gasteiger partial charge is 0.316 e. The smallest absolute Gasteiger partial charge is 0.0453 e. The zero-order chi connectivity index (χ0) is 14.8. The van der Waals surface area contributed by atoms with Crippen molar-refractivity contribution in [2.24, 2.45) is 11.3 Å². The fourth-order valence-electron chi connectivity index (χ4n) is 3.64. The molecule has 1 fully saturated rings. The fraction of sp³-hybridized carbons (Fsp3) is 0.647. The quantitative estimate of drug-likeness (QED) is 0.791. The standard InChI is InChI=1S/C17H25Cl2N/c1-17(2)9-5-4-6-14(17)16(20-3)10-12-7-8-13(18)11-15(12)19/h7-8,11,14,16,20H,4-6,9-10H2,1-3H3. The molecule has 1 aliphatic carbocycles. The van der Waals surface area contributed by atoms with Gasteiger partial charge in [0, 0.05) is 16.1 Å². The van der Waals surface area contributed by atoms with E-state index >= 15 is 0 Å². The van der Waals surface area contributed by atoms with Crippen LogP contribution in [0.25, 0.3) is 0 Å². The van der Waals surface area contributed by atoms with Gasteiger partial charge in [0.15, 0.2) is 0 Å². The molecule has 2 rings (SSSR count). The van der Waals surface area contributed by atoms with E-state index in [0.717, 1.165) is 11.4 Å². The van der Waals surface area contributed by atoms with Crippen LogP contribution in [0.3, 0.4) is 0 Å². The van der Waals surface area contributed by atoms with Crippen LogP contribution in [-0.2, 0) is 6.42 Å². The zero-order valence-electron chi connectivity index (χ0n) is 12.7. The van der Waals surface area contributed by atoms with Gasteiger partial charge in [-0.05, 0) is 55.3 Å². The minimum absolute atomic E-state index is 0.408. The average molecular weight is 314 g/mol. The van der Waals surface area contributed by atoms with Gasteiger partial charge in [-0.3, -0.25) is 0 Å². The minimum atomic E-state index is 0.408. The van der Waals surface area contributed by atoms with Crippen LogP contribution in [0.2, 0.25) is 10.0 Å². The van der Waals surface area contributed by atoms with Gasteiger partial charge in [0.2, 0.25) is 0 Å². The molecular weight excluding hydrogens is 289 g/mol. The Hall–Kier alpha value is -0.240. The van der Waals surface area contributed by atoms with Crippen LogP contribution in [0.15, 0.2) is 18.2 Å². The van der Waals surface area contributed by atoms with Crippen molar-refractivity contribution < 1.29 is 0 Å². The summed E-state index contributed by atoms with van der Waals surface area (Å²) in [6.45, 7) is 4.81. The molecule has 0 heterocycles. The third kappa shape index (κ3) is 3.69. The van der Waals surface area contributed by atoms with Crippen LogP contribution in [0.4, 0.5) is 0 Å². The minimum Gasteiger partial charge on any atom is -0.316 e. The van der Waals surface area contributed by atoms with Crippen molar-refractivity contribution in [3.05, 3.63) is 33.8 Å². The lowest BCUT2D eigenvalue weighted by molar-refractivity contribution is 0.101. The van der Waals surface area contributed by atoms with E-state index in [1.807, 2.05) is 12.1 Å². The number of hydrogen-bond donors (Lipinski definition) is 1. The lowest BCUT2D eigenvalue weighted by Crippen LogP contribution is -2.44. The molecule has 1 N–H and O–H groups in total. The van der Waals surface area contributed by atoms with Crippen molar-refractivity contribution in [2.75, 3.05) is 7.05 Å².